The van der Waals surface area contributed by atoms with Crippen LogP contribution in [0.1, 0.15) is 11.5 Å². The predicted molar refractivity (Wildman–Crippen MR) is 92.2 cm³/mol. The van der Waals surface area contributed by atoms with E-state index in [4.69, 9.17) is 23.1 Å². The molecule has 1 aliphatic carbocycles. The molecule has 4 N–H and O–H groups in total. The minimum Gasteiger partial charge on any atom is -0.330 e. The largest absolute Gasteiger partial charge is 0.330 e. The minimum absolute atomic E-state index is 0.208. The molecule has 3 rings (SSSR count). The molecule has 2 aromatic carbocycles. The molecule has 1 fully saturated rings. The van der Waals surface area contributed by atoms with Crippen LogP contribution in [0.4, 0.5) is 0 Å². The lowest BCUT2D eigenvalue weighted by Gasteiger charge is -2.13. The van der Waals surface area contributed by atoms with Crippen molar-refractivity contribution in [2.75, 3.05) is 13.1 Å². The van der Waals surface area contributed by atoms with Crippen LogP contribution in [-0.4, -0.2) is 26.8 Å². The summed E-state index contributed by atoms with van der Waals surface area (Å²) in [5.41, 5.74) is 12.2. The van der Waals surface area contributed by atoms with Gasteiger partial charge in [-0.05, 0) is 29.8 Å². The second kappa shape index (κ2) is 5.91. The van der Waals surface area contributed by atoms with Crippen molar-refractivity contribution in [2.24, 2.45) is 16.9 Å². The third-order valence-electron chi connectivity index (χ3n) is 4.77. The third-order valence-corrected chi connectivity index (χ3v) is 7.37. The Hall–Kier alpha value is -1.40. The highest BCUT2D eigenvalue weighted by Gasteiger charge is 2.69. The van der Waals surface area contributed by atoms with Gasteiger partial charge in [0, 0.05) is 29.4 Å². The fourth-order valence-electron chi connectivity index (χ4n) is 3.44. The van der Waals surface area contributed by atoms with Crippen molar-refractivity contribution in [3.8, 4) is 0 Å². The molecule has 0 heterocycles. The predicted octanol–water partition coefficient (Wildman–Crippen LogP) is 2.18. The van der Waals surface area contributed by atoms with Gasteiger partial charge in [-0.15, -0.1) is 0 Å². The second-order valence-corrected chi connectivity index (χ2v) is 8.46. The molecular weight excluding hydrogens is 332 g/mol. The van der Waals surface area contributed by atoms with Gasteiger partial charge in [0.15, 0.2) is 9.84 Å². The third kappa shape index (κ3) is 2.58. The van der Waals surface area contributed by atoms with E-state index >= 15 is 0 Å². The maximum atomic E-state index is 13.0. The summed E-state index contributed by atoms with van der Waals surface area (Å²) in [6, 6.07) is 15.7. The van der Waals surface area contributed by atoms with Crippen molar-refractivity contribution < 1.29 is 8.42 Å². The lowest BCUT2D eigenvalue weighted by Crippen LogP contribution is -2.31. The molecule has 4 nitrogen and oxygen atoms in total. The minimum atomic E-state index is -3.50. The zero-order valence-electron chi connectivity index (χ0n) is 12.5. The van der Waals surface area contributed by atoms with Gasteiger partial charge in [-0.25, -0.2) is 8.42 Å². The van der Waals surface area contributed by atoms with E-state index in [2.05, 4.69) is 0 Å². The summed E-state index contributed by atoms with van der Waals surface area (Å²) in [4.78, 5) is 0.313. The zero-order chi connectivity index (χ0) is 16.7. The fraction of sp³-hybridized carbons (Fsp3) is 0.294. The van der Waals surface area contributed by atoms with Gasteiger partial charge in [-0.2, -0.15) is 0 Å². The molecule has 2 aromatic rings. The Balaban J connectivity index is 2.05. The van der Waals surface area contributed by atoms with Crippen molar-refractivity contribution in [1.29, 1.82) is 0 Å². The van der Waals surface area contributed by atoms with Gasteiger partial charge in [0.25, 0.3) is 0 Å². The van der Waals surface area contributed by atoms with Crippen LogP contribution in [0.2, 0.25) is 5.02 Å². The van der Waals surface area contributed by atoms with Gasteiger partial charge in [-0.1, -0.05) is 41.9 Å². The van der Waals surface area contributed by atoms with E-state index in [1.807, 2.05) is 12.1 Å². The van der Waals surface area contributed by atoms with Crippen molar-refractivity contribution in [3.05, 3.63) is 65.2 Å². The Kier molecular flexibility index (Phi) is 4.23. The molecule has 122 valence electrons. The number of hydrogen-bond donors (Lipinski definition) is 2. The van der Waals surface area contributed by atoms with Crippen molar-refractivity contribution in [1.82, 2.24) is 0 Å². The number of rotatable bonds is 5. The number of nitrogens with two attached hydrogens (primary N) is 2. The SMILES string of the molecule is NCC1(CN)C(c2ccc(Cl)cc2)C1S(=O)(=O)c1ccccc1. The summed E-state index contributed by atoms with van der Waals surface area (Å²) in [5, 5.41) is 0.0107. The zero-order valence-corrected chi connectivity index (χ0v) is 14.1. The van der Waals surface area contributed by atoms with E-state index in [1.54, 1.807) is 42.5 Å². The Morgan fingerprint density at radius 1 is 0.957 bits per heavy atom. The molecule has 0 aromatic heterocycles. The first-order valence-electron chi connectivity index (χ1n) is 7.42. The highest BCUT2D eigenvalue weighted by Crippen LogP contribution is 2.62. The van der Waals surface area contributed by atoms with E-state index in [0.29, 0.717) is 9.92 Å². The van der Waals surface area contributed by atoms with Crippen LogP contribution in [0.15, 0.2) is 59.5 Å². The first-order chi connectivity index (χ1) is 11.0. The molecule has 0 saturated heterocycles. The Morgan fingerprint density at radius 3 is 2.04 bits per heavy atom. The Bertz CT molecular complexity index is 787. The quantitative estimate of drug-likeness (QED) is 0.865. The molecule has 1 aliphatic rings. The van der Waals surface area contributed by atoms with Gasteiger partial charge in [0.2, 0.25) is 0 Å². The Morgan fingerprint density at radius 2 is 1.52 bits per heavy atom. The summed E-state index contributed by atoms with van der Waals surface area (Å²) >= 11 is 5.93. The molecule has 0 bridgehead atoms. The van der Waals surface area contributed by atoms with Crippen molar-refractivity contribution in [2.45, 2.75) is 16.1 Å². The normalized spacial score (nSPS) is 22.7. The van der Waals surface area contributed by atoms with E-state index in [1.165, 1.54) is 0 Å². The summed E-state index contributed by atoms with van der Waals surface area (Å²) in [6.07, 6.45) is 0. The lowest BCUT2D eigenvalue weighted by molar-refractivity contribution is 0.510. The lowest BCUT2D eigenvalue weighted by atomic mass is 9.99. The van der Waals surface area contributed by atoms with Crippen molar-refractivity contribution >= 4 is 21.4 Å². The molecule has 1 saturated carbocycles. The van der Waals surface area contributed by atoms with Gasteiger partial charge in [-0.3, -0.25) is 0 Å². The topological polar surface area (TPSA) is 86.2 Å². The second-order valence-electron chi connectivity index (χ2n) is 5.95. The van der Waals surface area contributed by atoms with E-state index in [0.717, 1.165) is 5.56 Å². The molecule has 2 atom stereocenters. The number of sulfone groups is 1. The van der Waals surface area contributed by atoms with Crippen LogP contribution >= 0.6 is 11.6 Å². The summed E-state index contributed by atoms with van der Waals surface area (Å²) in [5.74, 6) is -0.208. The average molecular weight is 351 g/mol. The van der Waals surface area contributed by atoms with Gasteiger partial charge >= 0.3 is 0 Å². The number of hydrogen-bond acceptors (Lipinski definition) is 4. The van der Waals surface area contributed by atoms with E-state index in [9.17, 15) is 8.42 Å². The smallest absolute Gasteiger partial charge is 0.182 e. The summed E-state index contributed by atoms with van der Waals surface area (Å²) in [6.45, 7) is 0.459. The van der Waals surface area contributed by atoms with E-state index in [-0.39, 0.29) is 19.0 Å². The van der Waals surface area contributed by atoms with E-state index < -0.39 is 20.5 Å². The maximum absolute atomic E-state index is 13.0. The molecule has 6 heteroatoms. The van der Waals surface area contributed by atoms with Gasteiger partial charge < -0.3 is 11.5 Å². The Labute approximate surface area is 141 Å². The van der Waals surface area contributed by atoms with Crippen LogP contribution in [0.5, 0.6) is 0 Å². The maximum Gasteiger partial charge on any atom is 0.182 e. The first-order valence-corrected chi connectivity index (χ1v) is 9.34. The van der Waals surface area contributed by atoms with Crippen LogP contribution in [0.25, 0.3) is 0 Å². The van der Waals surface area contributed by atoms with Crippen LogP contribution in [-0.2, 0) is 9.84 Å². The van der Waals surface area contributed by atoms with Crippen LogP contribution < -0.4 is 11.5 Å². The highest BCUT2D eigenvalue weighted by molar-refractivity contribution is 7.92. The molecule has 0 aliphatic heterocycles. The molecule has 0 spiro atoms. The van der Waals surface area contributed by atoms with Crippen LogP contribution in [0.3, 0.4) is 0 Å². The molecule has 0 radical (unpaired) electrons. The molecule has 2 unspecified atom stereocenters. The highest BCUT2D eigenvalue weighted by atomic mass is 35.5. The molecular formula is C17H19ClN2O2S. The van der Waals surface area contributed by atoms with Gasteiger partial charge in [0.05, 0.1) is 10.1 Å². The monoisotopic (exact) mass is 350 g/mol. The van der Waals surface area contributed by atoms with Crippen LogP contribution in [0, 0.1) is 5.41 Å². The average Bonchev–Trinajstić information content (AvgIpc) is 3.27. The summed E-state index contributed by atoms with van der Waals surface area (Å²) in [7, 11) is -3.50. The summed E-state index contributed by atoms with van der Waals surface area (Å²) < 4.78 is 26.1. The first kappa shape index (κ1) is 16.5. The molecule has 0 amide bonds. The fourth-order valence-corrected chi connectivity index (χ4v) is 6.07. The number of benzene rings is 2. The number of halogens is 1. The van der Waals surface area contributed by atoms with Gasteiger partial charge in [0.1, 0.15) is 0 Å². The standard InChI is InChI=1S/C17H19ClN2O2S/c18-13-8-6-12(7-9-13)15-16(17(15,10-19)11-20)23(21,22)14-4-2-1-3-5-14/h1-9,15-16H,10-11,19-20H2. The molecule has 23 heavy (non-hydrogen) atoms. The van der Waals surface area contributed by atoms with Crippen molar-refractivity contribution in [3.63, 3.8) is 0 Å².